The Bertz CT molecular complexity index is 1180. The summed E-state index contributed by atoms with van der Waals surface area (Å²) < 4.78 is 14.1. The fourth-order valence-electron chi connectivity index (χ4n) is 2.94. The summed E-state index contributed by atoms with van der Waals surface area (Å²) in [5.41, 5.74) is 3.86. The predicted octanol–water partition coefficient (Wildman–Crippen LogP) is 5.72. The summed E-state index contributed by atoms with van der Waals surface area (Å²) in [6.07, 6.45) is 3.33. The van der Waals surface area contributed by atoms with E-state index in [2.05, 4.69) is 36.5 Å². The molecular formula is C24H18BrFN4O. The van der Waals surface area contributed by atoms with Crippen molar-refractivity contribution >= 4 is 33.5 Å². The maximum absolute atomic E-state index is 13.1. The second-order valence-electron chi connectivity index (χ2n) is 6.82. The number of nitrogens with zero attached hydrogens (tertiary/aromatic N) is 2. The summed E-state index contributed by atoms with van der Waals surface area (Å²) in [7, 11) is 0. The highest BCUT2D eigenvalue weighted by Gasteiger charge is 2.08. The molecule has 154 valence electrons. The van der Waals surface area contributed by atoms with E-state index in [9.17, 15) is 9.18 Å². The minimum absolute atomic E-state index is 0.167. The third-order valence-electron chi connectivity index (χ3n) is 4.58. The molecular weight excluding hydrogens is 459 g/mol. The summed E-state index contributed by atoms with van der Waals surface area (Å²) in [5.74, 6) is -0.0545. The molecule has 7 heteroatoms. The second kappa shape index (κ2) is 9.49. The van der Waals surface area contributed by atoms with Crippen molar-refractivity contribution in [2.24, 2.45) is 0 Å². The minimum atomic E-state index is -0.288. The van der Waals surface area contributed by atoms with Crippen LogP contribution in [0.4, 0.5) is 16.0 Å². The molecule has 0 aliphatic rings. The molecule has 0 aliphatic carbocycles. The van der Waals surface area contributed by atoms with Crippen LogP contribution in [0, 0.1) is 5.82 Å². The van der Waals surface area contributed by atoms with Gasteiger partial charge in [0.15, 0.2) is 0 Å². The normalized spacial score (nSPS) is 10.5. The quantitative estimate of drug-likeness (QED) is 0.373. The van der Waals surface area contributed by atoms with Crippen molar-refractivity contribution < 1.29 is 9.18 Å². The van der Waals surface area contributed by atoms with Gasteiger partial charge in [-0.25, -0.2) is 14.4 Å². The van der Waals surface area contributed by atoms with Crippen molar-refractivity contribution in [2.75, 3.05) is 5.32 Å². The van der Waals surface area contributed by atoms with Crippen molar-refractivity contribution in [1.29, 1.82) is 0 Å². The number of amides is 1. The predicted molar refractivity (Wildman–Crippen MR) is 122 cm³/mol. The number of benzene rings is 3. The van der Waals surface area contributed by atoms with Crippen molar-refractivity contribution in [2.45, 2.75) is 6.54 Å². The van der Waals surface area contributed by atoms with E-state index in [-0.39, 0.29) is 11.7 Å². The minimum Gasteiger partial charge on any atom is -0.348 e. The zero-order valence-electron chi connectivity index (χ0n) is 16.3. The van der Waals surface area contributed by atoms with E-state index in [1.165, 1.54) is 12.1 Å². The molecule has 2 N–H and O–H groups in total. The van der Waals surface area contributed by atoms with Crippen LogP contribution in [0.5, 0.6) is 0 Å². The van der Waals surface area contributed by atoms with Gasteiger partial charge in [0.2, 0.25) is 5.95 Å². The fraction of sp³-hybridized carbons (Fsp3) is 0.0417. The number of carbonyl (C=O) groups excluding carboxylic acids is 1. The molecule has 0 bridgehead atoms. The number of aromatic nitrogens is 2. The summed E-state index contributed by atoms with van der Waals surface area (Å²) in [5, 5.41) is 6.01. The van der Waals surface area contributed by atoms with Crippen LogP contribution in [0.2, 0.25) is 0 Å². The monoisotopic (exact) mass is 476 g/mol. The van der Waals surface area contributed by atoms with E-state index in [0.717, 1.165) is 21.2 Å². The first-order valence-corrected chi connectivity index (χ1v) is 10.3. The van der Waals surface area contributed by atoms with Crippen LogP contribution < -0.4 is 10.6 Å². The second-order valence-corrected chi connectivity index (χ2v) is 7.73. The lowest BCUT2D eigenvalue weighted by Crippen LogP contribution is -2.22. The standard InChI is InChI=1S/C24H18BrFN4O/c25-20-8-4-16(5-9-20)13-27-23(31)18-2-1-3-22(12-18)30-24-28-14-19(15-29-24)17-6-10-21(26)11-7-17/h1-12,14-15H,13H2,(H,27,31)(H,28,29,30). The molecule has 0 unspecified atom stereocenters. The molecule has 3 aromatic carbocycles. The van der Waals surface area contributed by atoms with Gasteiger partial charge >= 0.3 is 0 Å². The van der Waals surface area contributed by atoms with Crippen LogP contribution in [0.25, 0.3) is 11.1 Å². The largest absolute Gasteiger partial charge is 0.348 e. The number of anilines is 2. The van der Waals surface area contributed by atoms with Crippen molar-refractivity contribution in [1.82, 2.24) is 15.3 Å². The molecule has 5 nitrogen and oxygen atoms in total. The van der Waals surface area contributed by atoms with Gasteiger partial charge in [0, 0.05) is 40.2 Å². The Morgan fingerprint density at radius 2 is 1.61 bits per heavy atom. The summed E-state index contributed by atoms with van der Waals surface area (Å²) in [6.45, 7) is 0.442. The first-order chi connectivity index (χ1) is 15.1. The van der Waals surface area contributed by atoms with E-state index in [0.29, 0.717) is 23.7 Å². The molecule has 0 aliphatic heterocycles. The number of halogens is 2. The van der Waals surface area contributed by atoms with E-state index >= 15 is 0 Å². The summed E-state index contributed by atoms with van der Waals surface area (Å²) in [4.78, 5) is 21.1. The van der Waals surface area contributed by atoms with Crippen LogP contribution in [0.15, 0.2) is 89.7 Å². The Kier molecular flexibility index (Phi) is 6.33. The van der Waals surface area contributed by atoms with E-state index in [1.54, 1.807) is 42.7 Å². The van der Waals surface area contributed by atoms with Gasteiger partial charge < -0.3 is 10.6 Å². The lowest BCUT2D eigenvalue weighted by Gasteiger charge is -2.09. The van der Waals surface area contributed by atoms with Crippen LogP contribution in [0.1, 0.15) is 15.9 Å². The topological polar surface area (TPSA) is 66.9 Å². The van der Waals surface area contributed by atoms with Crippen LogP contribution in [0.3, 0.4) is 0 Å². The molecule has 0 atom stereocenters. The van der Waals surface area contributed by atoms with Gasteiger partial charge in [0.05, 0.1) is 0 Å². The Morgan fingerprint density at radius 3 is 2.32 bits per heavy atom. The number of nitrogens with one attached hydrogen (secondary N) is 2. The molecule has 0 saturated heterocycles. The van der Waals surface area contributed by atoms with Crippen LogP contribution in [-0.4, -0.2) is 15.9 Å². The van der Waals surface area contributed by atoms with Gasteiger partial charge in [0.25, 0.3) is 5.91 Å². The maximum atomic E-state index is 13.1. The van der Waals surface area contributed by atoms with Gasteiger partial charge in [-0.3, -0.25) is 4.79 Å². The van der Waals surface area contributed by atoms with Crippen molar-refractivity contribution in [3.63, 3.8) is 0 Å². The maximum Gasteiger partial charge on any atom is 0.251 e. The number of hydrogen-bond donors (Lipinski definition) is 2. The molecule has 0 spiro atoms. The lowest BCUT2D eigenvalue weighted by atomic mass is 10.1. The van der Waals surface area contributed by atoms with Gasteiger partial charge in [-0.15, -0.1) is 0 Å². The summed E-state index contributed by atoms with van der Waals surface area (Å²) >= 11 is 3.40. The molecule has 4 aromatic rings. The Morgan fingerprint density at radius 1 is 0.903 bits per heavy atom. The molecule has 0 fully saturated rings. The number of rotatable bonds is 6. The molecule has 31 heavy (non-hydrogen) atoms. The molecule has 0 radical (unpaired) electrons. The SMILES string of the molecule is O=C(NCc1ccc(Br)cc1)c1cccc(Nc2ncc(-c3ccc(F)cc3)cn2)c1. The van der Waals surface area contributed by atoms with Crippen molar-refractivity contribution in [3.05, 3.63) is 107 Å². The highest BCUT2D eigenvalue weighted by atomic mass is 79.9. The third kappa shape index (κ3) is 5.52. The summed E-state index contributed by atoms with van der Waals surface area (Å²) in [6, 6.07) is 21.1. The van der Waals surface area contributed by atoms with E-state index in [4.69, 9.17) is 0 Å². The highest BCUT2D eigenvalue weighted by Crippen LogP contribution is 2.20. The molecule has 1 aromatic heterocycles. The smallest absolute Gasteiger partial charge is 0.251 e. The van der Waals surface area contributed by atoms with E-state index < -0.39 is 0 Å². The molecule has 4 rings (SSSR count). The first kappa shape index (κ1) is 20.7. The van der Waals surface area contributed by atoms with Crippen LogP contribution >= 0.6 is 15.9 Å². The van der Waals surface area contributed by atoms with Crippen LogP contribution in [-0.2, 0) is 6.54 Å². The lowest BCUT2D eigenvalue weighted by molar-refractivity contribution is 0.0951. The molecule has 0 saturated carbocycles. The van der Waals surface area contributed by atoms with E-state index in [1.807, 2.05) is 30.3 Å². The average molecular weight is 477 g/mol. The fourth-order valence-corrected chi connectivity index (χ4v) is 3.20. The number of hydrogen-bond acceptors (Lipinski definition) is 4. The Hall–Kier alpha value is -3.58. The molecule has 1 amide bonds. The zero-order chi connectivity index (χ0) is 21.6. The first-order valence-electron chi connectivity index (χ1n) is 9.54. The third-order valence-corrected chi connectivity index (χ3v) is 5.11. The van der Waals surface area contributed by atoms with Gasteiger partial charge in [-0.1, -0.05) is 46.3 Å². The zero-order valence-corrected chi connectivity index (χ0v) is 17.9. The van der Waals surface area contributed by atoms with Gasteiger partial charge in [0.1, 0.15) is 5.82 Å². The Balaban J connectivity index is 1.40. The Labute approximate surface area is 187 Å². The molecule has 1 heterocycles. The van der Waals surface area contributed by atoms with Crippen molar-refractivity contribution in [3.8, 4) is 11.1 Å². The average Bonchev–Trinajstić information content (AvgIpc) is 2.80. The van der Waals surface area contributed by atoms with Gasteiger partial charge in [-0.05, 0) is 53.6 Å². The highest BCUT2D eigenvalue weighted by molar-refractivity contribution is 9.10. The van der Waals surface area contributed by atoms with Gasteiger partial charge in [-0.2, -0.15) is 0 Å². The number of carbonyl (C=O) groups is 1.